The number of methoxy groups -OCH3 is 1. The number of piperazine rings is 1. The van der Waals surface area contributed by atoms with E-state index in [0.29, 0.717) is 32.0 Å². The standard InChI is InChI=1S/C36H58N2O8/c1-26(15-18-32(40)44-5)11-10-12-27(2)34-28(3)16-17-31(36(4,43)20-19-30(39)25-33(41)46-34)45-35(42)38-23-21-37(22-24-38)29-13-8-6-7-9-14-29/h10-12,16-17,26,28-31,34,39,43H,6-9,13-15,18-25H2,1-5H3/b11-10+,17-16+,27-12+/t26-,28-,30-,31+,34+,36-/m0/s1. The van der Waals surface area contributed by atoms with E-state index in [1.807, 2.05) is 45.1 Å². The Morgan fingerprint density at radius 1 is 1.11 bits per heavy atom. The third-order valence-electron chi connectivity index (χ3n) is 9.74. The number of aliphatic hydroxyl groups excluding tert-OH is 1. The Balaban J connectivity index is 1.71. The van der Waals surface area contributed by atoms with Gasteiger partial charge in [-0.1, -0.05) is 63.8 Å². The normalized spacial score (nSPS) is 31.2. The Bertz CT molecular complexity index is 1070. The van der Waals surface area contributed by atoms with Gasteiger partial charge in [-0.25, -0.2) is 4.79 Å². The average molecular weight is 647 g/mol. The number of aliphatic hydroxyl groups is 2. The van der Waals surface area contributed by atoms with E-state index in [2.05, 4.69) is 4.90 Å². The van der Waals surface area contributed by atoms with E-state index >= 15 is 0 Å². The van der Waals surface area contributed by atoms with Crippen molar-refractivity contribution in [1.82, 2.24) is 9.80 Å². The highest BCUT2D eigenvalue weighted by molar-refractivity contribution is 5.70. The first kappa shape index (κ1) is 37.8. The molecule has 0 aromatic carbocycles. The van der Waals surface area contributed by atoms with E-state index in [1.165, 1.54) is 45.6 Å². The van der Waals surface area contributed by atoms with Crippen molar-refractivity contribution in [3.63, 3.8) is 0 Å². The largest absolute Gasteiger partial charge is 0.469 e. The molecular formula is C36H58N2O8. The van der Waals surface area contributed by atoms with Crippen molar-refractivity contribution in [1.29, 1.82) is 0 Å². The van der Waals surface area contributed by atoms with Gasteiger partial charge in [0.15, 0.2) is 6.10 Å². The molecule has 2 fully saturated rings. The summed E-state index contributed by atoms with van der Waals surface area (Å²) in [5, 5.41) is 22.1. The molecule has 0 radical (unpaired) electrons. The van der Waals surface area contributed by atoms with Crippen molar-refractivity contribution in [2.24, 2.45) is 11.8 Å². The molecule has 46 heavy (non-hydrogen) atoms. The molecule has 3 aliphatic rings. The van der Waals surface area contributed by atoms with Gasteiger partial charge in [0.05, 0.1) is 19.6 Å². The first-order valence-corrected chi connectivity index (χ1v) is 17.3. The third kappa shape index (κ3) is 12.2. The number of carbonyl (C=O) groups excluding carboxylic acids is 3. The topological polar surface area (TPSA) is 126 Å². The minimum Gasteiger partial charge on any atom is -0.469 e. The number of hydrogen-bond acceptors (Lipinski definition) is 9. The van der Waals surface area contributed by atoms with E-state index in [9.17, 15) is 24.6 Å². The summed E-state index contributed by atoms with van der Waals surface area (Å²) < 4.78 is 16.5. The van der Waals surface area contributed by atoms with Crippen molar-refractivity contribution in [2.75, 3.05) is 33.3 Å². The highest BCUT2D eigenvalue weighted by atomic mass is 16.6. The fourth-order valence-corrected chi connectivity index (χ4v) is 6.56. The molecule has 1 amide bonds. The monoisotopic (exact) mass is 646 g/mol. The number of esters is 2. The van der Waals surface area contributed by atoms with E-state index in [0.717, 1.165) is 18.7 Å². The molecule has 1 aliphatic carbocycles. The highest BCUT2D eigenvalue weighted by Crippen LogP contribution is 2.28. The van der Waals surface area contributed by atoms with Gasteiger partial charge in [-0.2, -0.15) is 0 Å². The lowest BCUT2D eigenvalue weighted by Gasteiger charge is -2.40. The van der Waals surface area contributed by atoms with Gasteiger partial charge >= 0.3 is 18.0 Å². The Morgan fingerprint density at radius 2 is 1.78 bits per heavy atom. The molecule has 10 heteroatoms. The third-order valence-corrected chi connectivity index (χ3v) is 9.74. The molecular weight excluding hydrogens is 588 g/mol. The Kier molecular flexibility index (Phi) is 15.3. The zero-order valence-corrected chi connectivity index (χ0v) is 28.7. The summed E-state index contributed by atoms with van der Waals surface area (Å²) in [5.41, 5.74) is -0.665. The number of allylic oxidation sites excluding steroid dienone is 3. The van der Waals surface area contributed by atoms with Crippen LogP contribution in [0.5, 0.6) is 0 Å². The molecule has 0 spiro atoms. The van der Waals surface area contributed by atoms with Gasteiger partial charge < -0.3 is 29.3 Å². The summed E-state index contributed by atoms with van der Waals surface area (Å²) in [5.74, 6) is -0.938. The lowest BCUT2D eigenvalue weighted by molar-refractivity contribution is -0.151. The summed E-state index contributed by atoms with van der Waals surface area (Å²) in [6, 6.07) is 0.591. The molecule has 2 aliphatic heterocycles. The van der Waals surface area contributed by atoms with Crippen LogP contribution in [0.25, 0.3) is 0 Å². The molecule has 1 saturated heterocycles. The maximum atomic E-state index is 13.4. The van der Waals surface area contributed by atoms with Crippen LogP contribution in [-0.2, 0) is 23.8 Å². The lowest BCUT2D eigenvalue weighted by Crippen LogP contribution is -2.53. The van der Waals surface area contributed by atoms with Crippen LogP contribution in [0.3, 0.4) is 0 Å². The Hall–Kier alpha value is -2.69. The second-order valence-electron chi connectivity index (χ2n) is 13.8. The van der Waals surface area contributed by atoms with E-state index in [4.69, 9.17) is 14.2 Å². The SMILES string of the molecule is COC(=O)CC[C@@H](C)/C=C/C=C(\C)[C@H]1OC(=O)C[C@@H](O)CC[C@](C)(O)[C@H](OC(=O)N2CCN(C3CCCCCC3)CC2)/C=C/[C@@H]1C. The number of ether oxygens (including phenoxy) is 3. The van der Waals surface area contributed by atoms with Crippen molar-refractivity contribution in [3.8, 4) is 0 Å². The van der Waals surface area contributed by atoms with Gasteiger partial charge in [-0.05, 0) is 63.5 Å². The number of amides is 1. The zero-order chi connectivity index (χ0) is 33.7. The van der Waals surface area contributed by atoms with Crippen LogP contribution in [0.15, 0.2) is 36.0 Å². The Labute approximate surface area is 275 Å². The summed E-state index contributed by atoms with van der Waals surface area (Å²) in [6.45, 7) is 10.2. The van der Waals surface area contributed by atoms with Crippen molar-refractivity contribution in [3.05, 3.63) is 36.0 Å². The van der Waals surface area contributed by atoms with Crippen LogP contribution in [-0.4, -0.2) is 101 Å². The molecule has 10 nitrogen and oxygen atoms in total. The van der Waals surface area contributed by atoms with Crippen LogP contribution in [0.4, 0.5) is 4.79 Å². The minimum absolute atomic E-state index is 0.134. The van der Waals surface area contributed by atoms with Crippen LogP contribution >= 0.6 is 0 Å². The van der Waals surface area contributed by atoms with Crippen molar-refractivity contribution in [2.45, 2.75) is 128 Å². The molecule has 0 aromatic rings. The second-order valence-corrected chi connectivity index (χ2v) is 13.8. The molecule has 6 atom stereocenters. The van der Waals surface area contributed by atoms with Gasteiger partial charge in [0.1, 0.15) is 11.7 Å². The van der Waals surface area contributed by atoms with Gasteiger partial charge in [0.2, 0.25) is 0 Å². The number of nitrogens with zero attached hydrogens (tertiary/aromatic N) is 2. The van der Waals surface area contributed by atoms with Gasteiger partial charge in [-0.3, -0.25) is 14.5 Å². The van der Waals surface area contributed by atoms with Crippen molar-refractivity contribution < 1.29 is 38.8 Å². The lowest BCUT2D eigenvalue weighted by atomic mass is 9.88. The van der Waals surface area contributed by atoms with Crippen LogP contribution in [0, 0.1) is 11.8 Å². The predicted octanol–water partition coefficient (Wildman–Crippen LogP) is 5.32. The number of cyclic esters (lactones) is 1. The molecule has 3 rings (SSSR count). The first-order chi connectivity index (χ1) is 21.9. The first-order valence-electron chi connectivity index (χ1n) is 17.3. The summed E-state index contributed by atoms with van der Waals surface area (Å²) in [7, 11) is 1.38. The fourth-order valence-electron chi connectivity index (χ4n) is 6.56. The minimum atomic E-state index is -1.46. The molecule has 0 bridgehead atoms. The molecule has 1 saturated carbocycles. The van der Waals surface area contributed by atoms with Gasteiger partial charge in [0, 0.05) is 44.6 Å². The second kappa shape index (κ2) is 18.6. The van der Waals surface area contributed by atoms with E-state index in [1.54, 1.807) is 17.9 Å². The zero-order valence-electron chi connectivity index (χ0n) is 28.7. The predicted molar refractivity (Wildman–Crippen MR) is 177 cm³/mol. The smallest absolute Gasteiger partial charge is 0.410 e. The van der Waals surface area contributed by atoms with E-state index < -0.39 is 36.0 Å². The molecule has 260 valence electrons. The van der Waals surface area contributed by atoms with Gasteiger partial charge in [0.25, 0.3) is 0 Å². The fraction of sp³-hybridized carbons (Fsp3) is 0.750. The maximum Gasteiger partial charge on any atom is 0.410 e. The van der Waals surface area contributed by atoms with Crippen LogP contribution < -0.4 is 0 Å². The maximum absolute atomic E-state index is 13.4. The van der Waals surface area contributed by atoms with Crippen molar-refractivity contribution >= 4 is 18.0 Å². The quantitative estimate of drug-likeness (QED) is 0.118. The average Bonchev–Trinajstić information content (AvgIpc) is 3.32. The van der Waals surface area contributed by atoms with Crippen LogP contribution in [0.2, 0.25) is 0 Å². The summed E-state index contributed by atoms with van der Waals surface area (Å²) in [6.07, 6.45) is 14.9. The van der Waals surface area contributed by atoms with Crippen LogP contribution in [0.1, 0.15) is 98.3 Å². The number of hydrogen-bond donors (Lipinski definition) is 2. The summed E-state index contributed by atoms with van der Waals surface area (Å²) in [4.78, 5) is 41.9. The van der Waals surface area contributed by atoms with Gasteiger partial charge in [-0.15, -0.1) is 0 Å². The number of rotatable bonds is 8. The number of carbonyl (C=O) groups is 3. The molecule has 2 heterocycles. The summed E-state index contributed by atoms with van der Waals surface area (Å²) >= 11 is 0. The molecule has 2 N–H and O–H groups in total. The molecule has 0 aromatic heterocycles. The highest BCUT2D eigenvalue weighted by Gasteiger charge is 2.37. The van der Waals surface area contributed by atoms with E-state index in [-0.39, 0.29) is 37.1 Å². The Morgan fingerprint density at radius 3 is 2.43 bits per heavy atom. The molecule has 0 unspecified atom stereocenters.